The first kappa shape index (κ1) is 22.7. The lowest BCUT2D eigenvalue weighted by atomic mass is 9.96. The van der Waals surface area contributed by atoms with Gasteiger partial charge in [0.15, 0.2) is 0 Å². The smallest absolute Gasteiger partial charge is 0.339 e. The molecule has 3 nitrogen and oxygen atoms in total. The van der Waals surface area contributed by atoms with E-state index in [1.54, 1.807) is 0 Å². The Hall–Kier alpha value is -3.03. The van der Waals surface area contributed by atoms with Crippen molar-refractivity contribution in [1.29, 1.82) is 0 Å². The monoisotopic (exact) mass is 430 g/mol. The Balaban J connectivity index is 2.03. The molecule has 3 aromatic rings. The molecule has 2 atom stereocenters. The van der Waals surface area contributed by atoms with Crippen molar-refractivity contribution >= 4 is 36.1 Å². The van der Waals surface area contributed by atoms with Gasteiger partial charge in [-0.15, -0.1) is 0 Å². The summed E-state index contributed by atoms with van der Waals surface area (Å²) in [5.41, 5.74) is 1.28. The van der Waals surface area contributed by atoms with E-state index in [0.29, 0.717) is 12.0 Å². The van der Waals surface area contributed by atoms with Crippen molar-refractivity contribution in [3.8, 4) is 0 Å². The fourth-order valence-electron chi connectivity index (χ4n) is 3.58. The molecule has 3 aromatic carbocycles. The Kier molecular flexibility index (Phi) is 7.92. The molecule has 0 aromatic heterocycles. The third-order valence-electron chi connectivity index (χ3n) is 5.10. The molecule has 0 heterocycles. The summed E-state index contributed by atoms with van der Waals surface area (Å²) in [6.45, 7) is 7.69. The van der Waals surface area contributed by atoms with Gasteiger partial charge >= 0.3 is 5.97 Å². The molecule has 0 radical (unpaired) electrons. The predicted octanol–water partition coefficient (Wildman–Crippen LogP) is 4.77. The number of aldehydes is 1. The van der Waals surface area contributed by atoms with Gasteiger partial charge in [-0.2, -0.15) is 0 Å². The van der Waals surface area contributed by atoms with Crippen LogP contribution in [0.4, 0.5) is 0 Å². The van der Waals surface area contributed by atoms with Crippen LogP contribution in [0.2, 0.25) is 0 Å². The molecule has 3 rings (SSSR count). The van der Waals surface area contributed by atoms with E-state index in [4.69, 9.17) is 4.74 Å². The first-order valence-corrected chi connectivity index (χ1v) is 11.7. The standard InChI is InChI=1S/C27H27O3P/c1-20(2)26(21(3)18-19-28)30-27(29)24-16-10-11-17-25(24)31(22-12-6-4-7-13-22)23-14-8-5-9-15-23/h4-17,19,21,26H,1,18H2,2-3H3/t21-,26-/m0/s1. The van der Waals surface area contributed by atoms with Crippen molar-refractivity contribution in [3.63, 3.8) is 0 Å². The zero-order chi connectivity index (χ0) is 22.2. The van der Waals surface area contributed by atoms with Gasteiger partial charge < -0.3 is 9.53 Å². The topological polar surface area (TPSA) is 43.4 Å². The Morgan fingerprint density at radius 1 is 0.935 bits per heavy atom. The lowest BCUT2D eigenvalue weighted by Crippen LogP contribution is -2.30. The van der Waals surface area contributed by atoms with Crippen LogP contribution in [0.5, 0.6) is 0 Å². The van der Waals surface area contributed by atoms with Crippen LogP contribution in [-0.4, -0.2) is 18.4 Å². The third kappa shape index (κ3) is 5.57. The van der Waals surface area contributed by atoms with Crippen molar-refractivity contribution < 1.29 is 14.3 Å². The van der Waals surface area contributed by atoms with Crippen molar-refractivity contribution in [3.05, 3.63) is 103 Å². The SMILES string of the molecule is C=C(C)[C@H](OC(=O)c1ccccc1P(c1ccccc1)c1ccccc1)[C@@H](C)CC=O. The fourth-order valence-corrected chi connectivity index (χ4v) is 6.02. The number of carbonyl (C=O) groups is 2. The van der Waals surface area contributed by atoms with Crippen LogP contribution >= 0.6 is 7.92 Å². The zero-order valence-corrected chi connectivity index (χ0v) is 18.8. The minimum absolute atomic E-state index is 0.129. The molecule has 0 aliphatic heterocycles. The van der Waals surface area contributed by atoms with Crippen LogP contribution in [0.15, 0.2) is 97.1 Å². The average molecular weight is 430 g/mol. The van der Waals surface area contributed by atoms with Crippen molar-refractivity contribution in [1.82, 2.24) is 0 Å². The van der Waals surface area contributed by atoms with Crippen LogP contribution in [0.25, 0.3) is 0 Å². The quantitative estimate of drug-likeness (QED) is 0.213. The highest BCUT2D eigenvalue weighted by Gasteiger charge is 2.27. The minimum Gasteiger partial charge on any atom is -0.454 e. The third-order valence-corrected chi connectivity index (χ3v) is 7.60. The molecule has 0 spiro atoms. The molecular weight excluding hydrogens is 403 g/mol. The van der Waals surface area contributed by atoms with E-state index in [9.17, 15) is 9.59 Å². The second-order valence-corrected chi connectivity index (χ2v) is 9.76. The van der Waals surface area contributed by atoms with Gasteiger partial charge in [-0.1, -0.05) is 92.4 Å². The number of esters is 1. The van der Waals surface area contributed by atoms with Gasteiger partial charge in [0.1, 0.15) is 12.4 Å². The largest absolute Gasteiger partial charge is 0.454 e. The van der Waals surface area contributed by atoms with E-state index in [1.165, 1.54) is 0 Å². The molecule has 0 unspecified atom stereocenters. The van der Waals surface area contributed by atoms with Crippen molar-refractivity contribution in [2.75, 3.05) is 0 Å². The molecule has 0 bridgehead atoms. The van der Waals surface area contributed by atoms with E-state index in [1.807, 2.05) is 74.5 Å². The highest BCUT2D eigenvalue weighted by molar-refractivity contribution is 7.80. The summed E-state index contributed by atoms with van der Waals surface area (Å²) >= 11 is 0. The molecule has 0 saturated carbocycles. The number of rotatable bonds is 9. The molecule has 0 fully saturated rings. The molecule has 0 aliphatic carbocycles. The first-order chi connectivity index (χ1) is 15.0. The summed E-state index contributed by atoms with van der Waals surface area (Å²) in [4.78, 5) is 24.3. The Bertz CT molecular complexity index is 991. The summed E-state index contributed by atoms with van der Waals surface area (Å²) in [5.74, 6) is -0.517. The Morgan fingerprint density at radius 3 is 1.97 bits per heavy atom. The molecule has 0 amide bonds. The van der Waals surface area contributed by atoms with E-state index in [-0.39, 0.29) is 11.9 Å². The molecule has 0 aliphatic rings. The van der Waals surface area contributed by atoms with Gasteiger partial charge in [0.2, 0.25) is 0 Å². The maximum absolute atomic E-state index is 13.3. The van der Waals surface area contributed by atoms with Gasteiger partial charge in [-0.3, -0.25) is 0 Å². The summed E-state index contributed by atoms with van der Waals surface area (Å²) in [5, 5.41) is 3.27. The average Bonchev–Trinajstić information content (AvgIpc) is 2.79. The van der Waals surface area contributed by atoms with Gasteiger partial charge in [0.05, 0.1) is 5.56 Å². The second kappa shape index (κ2) is 10.8. The zero-order valence-electron chi connectivity index (χ0n) is 17.9. The van der Waals surface area contributed by atoms with Crippen LogP contribution in [0, 0.1) is 5.92 Å². The van der Waals surface area contributed by atoms with E-state index >= 15 is 0 Å². The number of benzene rings is 3. The molecule has 0 N–H and O–H groups in total. The summed E-state index contributed by atoms with van der Waals surface area (Å²) in [6, 6.07) is 28.1. The summed E-state index contributed by atoms with van der Waals surface area (Å²) in [7, 11) is -0.941. The van der Waals surface area contributed by atoms with Gasteiger partial charge in [-0.25, -0.2) is 4.79 Å². The Labute approximate surface area is 185 Å². The normalized spacial score (nSPS) is 12.7. The first-order valence-electron chi connectivity index (χ1n) is 10.3. The van der Waals surface area contributed by atoms with Gasteiger partial charge in [0, 0.05) is 12.3 Å². The van der Waals surface area contributed by atoms with Gasteiger partial charge in [0.25, 0.3) is 0 Å². The van der Waals surface area contributed by atoms with Crippen molar-refractivity contribution in [2.45, 2.75) is 26.4 Å². The number of ether oxygens (including phenoxy) is 1. The molecule has 31 heavy (non-hydrogen) atoms. The van der Waals surface area contributed by atoms with Crippen LogP contribution in [0.1, 0.15) is 30.6 Å². The van der Waals surface area contributed by atoms with Crippen LogP contribution < -0.4 is 15.9 Å². The molecule has 4 heteroatoms. The van der Waals surface area contributed by atoms with Crippen molar-refractivity contribution in [2.24, 2.45) is 5.92 Å². The number of hydrogen-bond acceptors (Lipinski definition) is 3. The van der Waals surface area contributed by atoms with E-state index in [2.05, 4.69) is 30.8 Å². The minimum atomic E-state index is -0.941. The second-order valence-electron chi connectivity index (χ2n) is 7.58. The van der Waals surface area contributed by atoms with Crippen LogP contribution in [-0.2, 0) is 9.53 Å². The lowest BCUT2D eigenvalue weighted by molar-refractivity contribution is -0.109. The fraction of sp³-hybridized carbons (Fsp3) is 0.185. The number of carbonyl (C=O) groups excluding carboxylic acids is 2. The lowest BCUT2D eigenvalue weighted by Gasteiger charge is -2.25. The number of hydrogen-bond donors (Lipinski definition) is 0. The van der Waals surface area contributed by atoms with Crippen LogP contribution in [0.3, 0.4) is 0 Å². The van der Waals surface area contributed by atoms with Gasteiger partial charge in [-0.05, 0) is 42.4 Å². The maximum Gasteiger partial charge on any atom is 0.339 e. The maximum atomic E-state index is 13.3. The highest BCUT2D eigenvalue weighted by Crippen LogP contribution is 2.34. The molecule has 158 valence electrons. The summed E-state index contributed by atoms with van der Waals surface area (Å²) in [6.07, 6.45) is 0.657. The molecular formula is C27H27O3P. The Morgan fingerprint density at radius 2 is 1.45 bits per heavy atom. The summed E-state index contributed by atoms with van der Waals surface area (Å²) < 4.78 is 5.89. The highest BCUT2D eigenvalue weighted by atomic mass is 31.1. The molecule has 0 saturated heterocycles. The van der Waals surface area contributed by atoms with E-state index < -0.39 is 14.0 Å². The van der Waals surface area contributed by atoms with E-state index in [0.717, 1.165) is 27.8 Å². The predicted molar refractivity (Wildman–Crippen MR) is 129 cm³/mol.